The van der Waals surface area contributed by atoms with Gasteiger partial charge in [-0.05, 0) is 42.2 Å². The van der Waals surface area contributed by atoms with Gasteiger partial charge in [-0.3, -0.25) is 0 Å². The second-order valence-corrected chi connectivity index (χ2v) is 5.94. The molecular formula is C14H12ClN3OS. The Hall–Kier alpha value is -1.85. The first-order chi connectivity index (χ1) is 9.63. The van der Waals surface area contributed by atoms with Crippen molar-refractivity contribution in [3.63, 3.8) is 0 Å². The van der Waals surface area contributed by atoms with Gasteiger partial charge >= 0.3 is 0 Å². The van der Waals surface area contributed by atoms with E-state index in [0.717, 1.165) is 29.6 Å². The topological polar surface area (TPSA) is 72.0 Å². The average molecular weight is 306 g/mol. The second kappa shape index (κ2) is 5.26. The Morgan fingerprint density at radius 2 is 1.95 bits per heavy atom. The molecule has 0 saturated carbocycles. The van der Waals surface area contributed by atoms with Gasteiger partial charge in [-0.25, -0.2) is 0 Å². The van der Waals surface area contributed by atoms with Gasteiger partial charge in [0.05, 0.1) is 0 Å². The predicted molar refractivity (Wildman–Crippen MR) is 82.5 cm³/mol. The number of anilines is 1. The number of nitrogen functional groups attached to an aromatic ring is 1. The van der Waals surface area contributed by atoms with E-state index < -0.39 is 0 Å². The molecule has 1 heterocycles. The van der Waals surface area contributed by atoms with Crippen LogP contribution in [-0.2, 0) is 0 Å². The van der Waals surface area contributed by atoms with E-state index in [1.165, 1.54) is 11.3 Å². The van der Waals surface area contributed by atoms with Crippen LogP contribution in [0.5, 0.6) is 0 Å². The molecular weight excluding hydrogens is 294 g/mol. The van der Waals surface area contributed by atoms with E-state index in [9.17, 15) is 5.11 Å². The van der Waals surface area contributed by atoms with Crippen LogP contribution in [0, 0.1) is 0 Å². The molecule has 20 heavy (non-hydrogen) atoms. The molecule has 6 heteroatoms. The highest BCUT2D eigenvalue weighted by molar-refractivity contribution is 7.16. The minimum Gasteiger partial charge on any atom is -0.507 e. The van der Waals surface area contributed by atoms with Gasteiger partial charge in [-0.2, -0.15) is 0 Å². The van der Waals surface area contributed by atoms with Gasteiger partial charge < -0.3 is 10.8 Å². The van der Waals surface area contributed by atoms with Crippen LogP contribution < -0.4 is 5.73 Å². The molecule has 0 unspecified atom stereocenters. The molecule has 1 aromatic carbocycles. The predicted octanol–water partition coefficient (Wildman–Crippen LogP) is 3.92. The third kappa shape index (κ3) is 2.55. The molecule has 102 valence electrons. The van der Waals surface area contributed by atoms with Crippen LogP contribution in [0.1, 0.15) is 23.4 Å². The van der Waals surface area contributed by atoms with Crippen LogP contribution in [-0.4, -0.2) is 15.3 Å². The van der Waals surface area contributed by atoms with E-state index in [0.29, 0.717) is 15.2 Å². The second-order valence-electron chi connectivity index (χ2n) is 4.49. The number of hydrogen-bond acceptors (Lipinski definition) is 5. The monoisotopic (exact) mass is 305 g/mol. The highest BCUT2D eigenvalue weighted by Gasteiger charge is 2.23. The molecule has 0 spiro atoms. The van der Waals surface area contributed by atoms with Gasteiger partial charge in [0.1, 0.15) is 10.8 Å². The van der Waals surface area contributed by atoms with Gasteiger partial charge in [0, 0.05) is 10.6 Å². The molecule has 3 N–H and O–H groups in total. The number of nitrogens with zero attached hydrogens (tertiary/aromatic N) is 2. The van der Waals surface area contributed by atoms with Gasteiger partial charge in [0.2, 0.25) is 5.13 Å². The molecule has 1 aromatic heterocycles. The molecule has 0 radical (unpaired) electrons. The lowest BCUT2D eigenvalue weighted by atomic mass is 10.1. The molecule has 1 aliphatic rings. The third-order valence-corrected chi connectivity index (χ3v) is 4.21. The summed E-state index contributed by atoms with van der Waals surface area (Å²) in [5.41, 5.74) is 8.30. The van der Waals surface area contributed by atoms with Gasteiger partial charge in [0.15, 0.2) is 0 Å². The number of allylic oxidation sites excluding steroid dienone is 2. The van der Waals surface area contributed by atoms with Crippen molar-refractivity contribution in [2.24, 2.45) is 0 Å². The van der Waals surface area contributed by atoms with Crippen LogP contribution in [0.2, 0.25) is 5.02 Å². The van der Waals surface area contributed by atoms with Crippen molar-refractivity contribution >= 4 is 39.7 Å². The SMILES string of the molecule is Nc1nnc(C2=C(O)/C(=C/c3ccc(Cl)cc3)CC2)s1. The molecule has 1 aliphatic carbocycles. The fourth-order valence-corrected chi connectivity index (χ4v) is 2.97. The normalized spacial score (nSPS) is 17.1. The Balaban J connectivity index is 1.93. The summed E-state index contributed by atoms with van der Waals surface area (Å²) in [5, 5.41) is 19.9. The molecule has 0 aliphatic heterocycles. The van der Waals surface area contributed by atoms with Crippen LogP contribution in [0.4, 0.5) is 5.13 Å². The van der Waals surface area contributed by atoms with Crippen molar-refractivity contribution in [2.75, 3.05) is 5.73 Å². The van der Waals surface area contributed by atoms with Crippen molar-refractivity contribution in [3.05, 3.63) is 51.2 Å². The molecule has 4 nitrogen and oxygen atoms in total. The number of aromatic nitrogens is 2. The Bertz CT molecular complexity index is 703. The summed E-state index contributed by atoms with van der Waals surface area (Å²) in [5.74, 6) is 0.288. The number of aliphatic hydroxyl groups is 1. The zero-order valence-electron chi connectivity index (χ0n) is 10.5. The quantitative estimate of drug-likeness (QED) is 0.882. The first kappa shape index (κ1) is 13.1. The van der Waals surface area contributed by atoms with E-state index in [2.05, 4.69) is 10.2 Å². The molecule has 3 rings (SSSR count). The number of hydrogen-bond donors (Lipinski definition) is 2. The highest BCUT2D eigenvalue weighted by atomic mass is 35.5. The number of nitrogens with two attached hydrogens (primary N) is 1. The van der Waals surface area contributed by atoms with Crippen molar-refractivity contribution in [1.82, 2.24) is 10.2 Å². The van der Waals surface area contributed by atoms with E-state index in [-0.39, 0.29) is 5.76 Å². The van der Waals surface area contributed by atoms with Crippen molar-refractivity contribution < 1.29 is 5.11 Å². The summed E-state index contributed by atoms with van der Waals surface area (Å²) in [6.07, 6.45) is 3.49. The molecule has 0 saturated heterocycles. The Morgan fingerprint density at radius 1 is 1.20 bits per heavy atom. The first-order valence-electron chi connectivity index (χ1n) is 6.11. The molecule has 0 fully saturated rings. The smallest absolute Gasteiger partial charge is 0.203 e. The van der Waals surface area contributed by atoms with E-state index in [1.54, 1.807) is 0 Å². The fourth-order valence-electron chi connectivity index (χ4n) is 2.16. The lowest BCUT2D eigenvalue weighted by molar-refractivity contribution is 0.429. The van der Waals surface area contributed by atoms with Crippen LogP contribution in [0.15, 0.2) is 35.6 Å². The lowest BCUT2D eigenvalue weighted by Gasteiger charge is -2.00. The highest BCUT2D eigenvalue weighted by Crippen LogP contribution is 2.38. The van der Waals surface area contributed by atoms with Crippen molar-refractivity contribution in [3.8, 4) is 0 Å². The summed E-state index contributed by atoms with van der Waals surface area (Å²) < 4.78 is 0. The van der Waals surface area contributed by atoms with E-state index in [1.807, 2.05) is 30.3 Å². The van der Waals surface area contributed by atoms with E-state index in [4.69, 9.17) is 17.3 Å². The van der Waals surface area contributed by atoms with Crippen molar-refractivity contribution in [1.29, 1.82) is 0 Å². The number of rotatable bonds is 2. The molecule has 0 amide bonds. The molecule has 2 aromatic rings. The summed E-state index contributed by atoms with van der Waals surface area (Å²) in [6, 6.07) is 7.50. The van der Waals surface area contributed by atoms with Gasteiger partial charge in [-0.1, -0.05) is 35.1 Å². The van der Waals surface area contributed by atoms with Gasteiger partial charge in [-0.15, -0.1) is 10.2 Å². The lowest BCUT2D eigenvalue weighted by Crippen LogP contribution is -1.85. The minimum absolute atomic E-state index is 0.288. The van der Waals surface area contributed by atoms with Crippen molar-refractivity contribution in [2.45, 2.75) is 12.8 Å². The fraction of sp³-hybridized carbons (Fsp3) is 0.143. The number of benzene rings is 1. The summed E-state index contributed by atoms with van der Waals surface area (Å²) >= 11 is 7.15. The maximum Gasteiger partial charge on any atom is 0.203 e. The third-order valence-electron chi connectivity index (χ3n) is 3.14. The van der Waals surface area contributed by atoms with E-state index >= 15 is 0 Å². The average Bonchev–Trinajstić information content (AvgIpc) is 3.00. The standard InChI is InChI=1S/C14H12ClN3OS/c15-10-4-1-8(2-5-10)7-9-3-6-11(12(9)19)13-17-18-14(16)20-13/h1-2,4-5,7,19H,3,6H2,(H2,16,18)/b9-7+. The Labute approximate surface area is 125 Å². The first-order valence-corrected chi connectivity index (χ1v) is 7.31. The van der Waals surface area contributed by atoms with Gasteiger partial charge in [0.25, 0.3) is 0 Å². The summed E-state index contributed by atoms with van der Waals surface area (Å²) in [7, 11) is 0. The minimum atomic E-state index is 0.288. The van der Waals surface area contributed by atoms with Crippen LogP contribution in [0.25, 0.3) is 11.6 Å². The molecule has 0 atom stereocenters. The molecule has 0 bridgehead atoms. The number of halogens is 1. The Morgan fingerprint density at radius 3 is 2.60 bits per heavy atom. The maximum atomic E-state index is 10.3. The zero-order chi connectivity index (χ0) is 14.1. The largest absolute Gasteiger partial charge is 0.507 e. The van der Waals surface area contributed by atoms with Crippen LogP contribution in [0.3, 0.4) is 0 Å². The maximum absolute atomic E-state index is 10.3. The summed E-state index contributed by atoms with van der Waals surface area (Å²) in [6.45, 7) is 0. The number of aliphatic hydroxyl groups excluding tert-OH is 1. The summed E-state index contributed by atoms with van der Waals surface area (Å²) in [4.78, 5) is 0. The Kier molecular flexibility index (Phi) is 3.46. The zero-order valence-corrected chi connectivity index (χ0v) is 12.1. The van der Waals surface area contributed by atoms with Crippen LogP contribution >= 0.6 is 22.9 Å².